The highest BCUT2D eigenvalue weighted by molar-refractivity contribution is 5.29. The monoisotopic (exact) mass is 370 g/mol. The minimum absolute atomic E-state index is 0.228. The average molecular weight is 371 g/mol. The lowest BCUT2D eigenvalue weighted by Crippen LogP contribution is -2.23. The lowest BCUT2D eigenvalue weighted by Gasteiger charge is -2.32. The predicted octanol–water partition coefficient (Wildman–Crippen LogP) is 7.10. The van der Waals surface area contributed by atoms with Crippen LogP contribution in [-0.2, 0) is 9.47 Å². The third-order valence-electron chi connectivity index (χ3n) is 5.39. The fourth-order valence-electron chi connectivity index (χ4n) is 3.52. The van der Waals surface area contributed by atoms with Crippen LogP contribution in [0.15, 0.2) is 36.3 Å². The summed E-state index contributed by atoms with van der Waals surface area (Å²) in [6, 6.07) is 0. The van der Waals surface area contributed by atoms with Crippen molar-refractivity contribution in [1.82, 2.24) is 0 Å². The number of hydrogen-bond acceptors (Lipinski definition) is 2. The van der Waals surface area contributed by atoms with Crippen LogP contribution in [0.3, 0.4) is 0 Å². The van der Waals surface area contributed by atoms with Crippen LogP contribution >= 0.6 is 0 Å². The third kappa shape index (κ3) is 7.51. The van der Waals surface area contributed by atoms with E-state index in [9.17, 15) is 8.78 Å². The van der Waals surface area contributed by atoms with Crippen LogP contribution in [0.2, 0.25) is 0 Å². The molecule has 1 unspecified atom stereocenters. The van der Waals surface area contributed by atoms with Gasteiger partial charge < -0.3 is 9.47 Å². The second-order valence-corrected chi connectivity index (χ2v) is 7.95. The number of ether oxygens (including phenoxy) is 2. The van der Waals surface area contributed by atoms with Gasteiger partial charge in [-0.15, -0.1) is 0 Å². The Kier molecular flexibility index (Phi) is 9.97. The van der Waals surface area contributed by atoms with Gasteiger partial charge in [-0.2, -0.15) is 8.78 Å². The molecule has 1 fully saturated rings. The summed E-state index contributed by atoms with van der Waals surface area (Å²) in [6.07, 6.45) is 7.10. The topological polar surface area (TPSA) is 18.5 Å². The smallest absolute Gasteiger partial charge is 0.203 e. The molecule has 0 spiro atoms. The van der Waals surface area contributed by atoms with E-state index in [4.69, 9.17) is 9.47 Å². The van der Waals surface area contributed by atoms with Crippen molar-refractivity contribution < 1.29 is 18.3 Å². The Morgan fingerprint density at radius 1 is 0.923 bits per heavy atom. The second kappa shape index (κ2) is 11.4. The largest absolute Gasteiger partial charge is 0.491 e. The van der Waals surface area contributed by atoms with Crippen LogP contribution in [0.5, 0.6) is 0 Å². The SMILES string of the molecule is C=C(OCC)/C(F)=C(/F)C(=C)OCC1CCC(C(C)CCC(C)C)CC1. The summed E-state index contributed by atoms with van der Waals surface area (Å²) in [6.45, 7) is 16.0. The fraction of sp³-hybridized carbons (Fsp3) is 0.727. The first kappa shape index (κ1) is 22.7. The quantitative estimate of drug-likeness (QED) is 0.285. The Morgan fingerprint density at radius 2 is 1.46 bits per heavy atom. The van der Waals surface area contributed by atoms with Gasteiger partial charge in [0.25, 0.3) is 0 Å². The third-order valence-corrected chi connectivity index (χ3v) is 5.39. The second-order valence-electron chi connectivity index (χ2n) is 7.95. The van der Waals surface area contributed by atoms with Crippen LogP contribution < -0.4 is 0 Å². The highest BCUT2D eigenvalue weighted by Gasteiger charge is 2.26. The van der Waals surface area contributed by atoms with Crippen LogP contribution in [0.25, 0.3) is 0 Å². The molecule has 0 N–H and O–H groups in total. The molecule has 150 valence electrons. The molecule has 1 aliphatic carbocycles. The summed E-state index contributed by atoms with van der Waals surface area (Å²) >= 11 is 0. The van der Waals surface area contributed by atoms with E-state index in [2.05, 4.69) is 33.9 Å². The summed E-state index contributed by atoms with van der Waals surface area (Å²) in [5.74, 6) is -0.202. The van der Waals surface area contributed by atoms with Crippen LogP contribution in [-0.4, -0.2) is 13.2 Å². The lowest BCUT2D eigenvalue weighted by atomic mass is 9.75. The zero-order valence-electron chi connectivity index (χ0n) is 17.0. The Hall–Kier alpha value is -1.32. The highest BCUT2D eigenvalue weighted by atomic mass is 19.2. The molecule has 0 amide bonds. The van der Waals surface area contributed by atoms with Gasteiger partial charge in [-0.1, -0.05) is 46.8 Å². The molecule has 0 aromatic carbocycles. The molecule has 0 bridgehead atoms. The summed E-state index contributed by atoms with van der Waals surface area (Å²) in [5.41, 5.74) is 0. The van der Waals surface area contributed by atoms with Gasteiger partial charge in [-0.25, -0.2) is 0 Å². The minimum atomic E-state index is -1.14. The summed E-state index contributed by atoms with van der Waals surface area (Å²) in [7, 11) is 0. The molecule has 0 radical (unpaired) electrons. The predicted molar refractivity (Wildman–Crippen MR) is 104 cm³/mol. The van der Waals surface area contributed by atoms with Crippen molar-refractivity contribution in [3.63, 3.8) is 0 Å². The van der Waals surface area contributed by atoms with E-state index in [1.54, 1.807) is 6.92 Å². The number of rotatable bonds is 11. The lowest BCUT2D eigenvalue weighted by molar-refractivity contribution is 0.113. The van der Waals surface area contributed by atoms with Gasteiger partial charge in [0.1, 0.15) is 0 Å². The van der Waals surface area contributed by atoms with E-state index in [1.165, 1.54) is 25.7 Å². The zero-order valence-corrected chi connectivity index (χ0v) is 17.0. The van der Waals surface area contributed by atoms with Crippen molar-refractivity contribution in [2.75, 3.05) is 13.2 Å². The first-order valence-electron chi connectivity index (χ1n) is 9.95. The van der Waals surface area contributed by atoms with Crippen molar-refractivity contribution in [2.45, 2.75) is 66.2 Å². The Balaban J connectivity index is 2.38. The van der Waals surface area contributed by atoms with E-state index in [-0.39, 0.29) is 18.1 Å². The molecule has 0 aromatic rings. The van der Waals surface area contributed by atoms with E-state index in [0.717, 1.165) is 30.6 Å². The van der Waals surface area contributed by atoms with E-state index in [0.29, 0.717) is 12.5 Å². The van der Waals surface area contributed by atoms with Gasteiger partial charge in [0, 0.05) is 0 Å². The molecule has 2 nitrogen and oxygen atoms in total. The van der Waals surface area contributed by atoms with Crippen LogP contribution in [0.1, 0.15) is 66.2 Å². The van der Waals surface area contributed by atoms with Crippen molar-refractivity contribution in [3.8, 4) is 0 Å². The molecule has 0 heterocycles. The van der Waals surface area contributed by atoms with Gasteiger partial charge in [0.05, 0.1) is 13.2 Å². The molecule has 0 aromatic heterocycles. The molecular weight excluding hydrogens is 334 g/mol. The fourth-order valence-corrected chi connectivity index (χ4v) is 3.52. The van der Waals surface area contributed by atoms with E-state index < -0.39 is 11.7 Å². The van der Waals surface area contributed by atoms with Crippen molar-refractivity contribution in [2.24, 2.45) is 23.7 Å². The Labute approximate surface area is 158 Å². The highest BCUT2D eigenvalue weighted by Crippen LogP contribution is 2.36. The molecule has 1 rings (SSSR count). The molecule has 0 aliphatic heterocycles. The molecule has 1 atom stereocenters. The molecule has 1 saturated carbocycles. The summed E-state index contributed by atoms with van der Waals surface area (Å²) in [4.78, 5) is 0. The average Bonchev–Trinajstić information content (AvgIpc) is 2.63. The van der Waals surface area contributed by atoms with Gasteiger partial charge in [0.2, 0.25) is 11.7 Å². The molecule has 1 aliphatic rings. The maximum absolute atomic E-state index is 14.0. The minimum Gasteiger partial charge on any atom is -0.491 e. The maximum atomic E-state index is 14.0. The maximum Gasteiger partial charge on any atom is 0.203 e. The summed E-state index contributed by atoms with van der Waals surface area (Å²) in [5, 5.41) is 0. The first-order chi connectivity index (χ1) is 12.3. The van der Waals surface area contributed by atoms with Crippen molar-refractivity contribution in [1.29, 1.82) is 0 Å². The van der Waals surface area contributed by atoms with Gasteiger partial charge in [-0.3, -0.25) is 0 Å². The van der Waals surface area contributed by atoms with Gasteiger partial charge in [-0.05, 0) is 56.3 Å². The number of hydrogen-bond donors (Lipinski definition) is 0. The molecule has 26 heavy (non-hydrogen) atoms. The van der Waals surface area contributed by atoms with Gasteiger partial charge in [0.15, 0.2) is 11.5 Å². The van der Waals surface area contributed by atoms with Crippen molar-refractivity contribution >= 4 is 0 Å². The van der Waals surface area contributed by atoms with Crippen LogP contribution in [0, 0.1) is 23.7 Å². The van der Waals surface area contributed by atoms with Crippen molar-refractivity contribution in [3.05, 3.63) is 36.3 Å². The summed E-state index contributed by atoms with van der Waals surface area (Å²) < 4.78 is 38.1. The molecule has 0 saturated heterocycles. The molecular formula is C22H36F2O2. The Morgan fingerprint density at radius 3 is 1.96 bits per heavy atom. The first-order valence-corrected chi connectivity index (χ1v) is 9.95. The van der Waals surface area contributed by atoms with Crippen LogP contribution in [0.4, 0.5) is 8.78 Å². The van der Waals surface area contributed by atoms with E-state index in [1.807, 2.05) is 0 Å². The van der Waals surface area contributed by atoms with Gasteiger partial charge >= 0.3 is 0 Å². The normalized spacial score (nSPS) is 22.6. The standard InChI is InChI=1S/C22H36F2O2/c1-7-25-17(5)21(23)22(24)18(6)26-14-19-10-12-20(13-11-19)16(4)9-8-15(2)3/h15-16,19-20H,5-14H2,1-4H3/b22-21-. The van der Waals surface area contributed by atoms with E-state index >= 15 is 0 Å². The zero-order chi connectivity index (χ0) is 19.7. The Bertz CT molecular complexity index is 488. The molecule has 4 heteroatoms. The number of halogens is 2. The number of allylic oxidation sites excluding steroid dienone is 2.